The van der Waals surface area contributed by atoms with E-state index in [1.807, 2.05) is 0 Å². The molecule has 2 rings (SSSR count). The Kier molecular flexibility index (Phi) is 5.63. The zero-order valence-electron chi connectivity index (χ0n) is 13.1. The predicted molar refractivity (Wildman–Crippen MR) is 91.6 cm³/mol. The summed E-state index contributed by atoms with van der Waals surface area (Å²) in [5.41, 5.74) is 4.70. The summed E-state index contributed by atoms with van der Waals surface area (Å²) in [5.74, 6) is 1.51. The molecule has 0 radical (unpaired) electrons. The van der Waals surface area contributed by atoms with Gasteiger partial charge in [0.05, 0.1) is 0 Å². The maximum absolute atomic E-state index is 6.04. The van der Waals surface area contributed by atoms with Crippen molar-refractivity contribution in [2.75, 3.05) is 11.4 Å². The van der Waals surface area contributed by atoms with Gasteiger partial charge < -0.3 is 4.90 Å². The number of anilines is 2. The molecule has 0 amide bonds. The highest BCUT2D eigenvalue weighted by Crippen LogP contribution is 2.26. The van der Waals surface area contributed by atoms with E-state index in [9.17, 15) is 0 Å². The molecular weight excluding hydrogens is 280 g/mol. The number of pyridine rings is 1. The Morgan fingerprint density at radius 1 is 1.10 bits per heavy atom. The fourth-order valence-electron chi connectivity index (χ4n) is 2.43. The van der Waals surface area contributed by atoms with Crippen LogP contribution in [0, 0.1) is 6.92 Å². The molecule has 0 saturated heterocycles. The van der Waals surface area contributed by atoms with Crippen molar-refractivity contribution in [3.8, 4) is 0 Å². The number of alkyl halides is 1. The van der Waals surface area contributed by atoms with Gasteiger partial charge in [-0.25, -0.2) is 4.98 Å². The van der Waals surface area contributed by atoms with Crippen molar-refractivity contribution in [1.29, 1.82) is 0 Å². The largest absolute Gasteiger partial charge is 0.327 e. The molecule has 1 aromatic heterocycles. The first-order chi connectivity index (χ1) is 10.2. The molecule has 0 aliphatic rings. The Morgan fingerprint density at radius 2 is 1.81 bits per heavy atom. The number of hydrogen-bond donors (Lipinski definition) is 0. The van der Waals surface area contributed by atoms with Gasteiger partial charge in [0.15, 0.2) is 0 Å². The van der Waals surface area contributed by atoms with Gasteiger partial charge in [-0.2, -0.15) is 0 Å². The summed E-state index contributed by atoms with van der Waals surface area (Å²) in [6.07, 6.45) is 2.08. The van der Waals surface area contributed by atoms with E-state index >= 15 is 0 Å². The highest BCUT2D eigenvalue weighted by molar-refractivity contribution is 6.17. The number of aromatic nitrogens is 1. The fraction of sp³-hybridized carbons (Fsp3) is 0.389. The van der Waals surface area contributed by atoms with Gasteiger partial charge in [0.25, 0.3) is 0 Å². The van der Waals surface area contributed by atoms with Crippen LogP contribution in [0.4, 0.5) is 11.5 Å². The van der Waals surface area contributed by atoms with Crippen molar-refractivity contribution in [3.63, 3.8) is 0 Å². The second-order valence-corrected chi connectivity index (χ2v) is 5.56. The summed E-state index contributed by atoms with van der Waals surface area (Å²) in [7, 11) is 0. The van der Waals surface area contributed by atoms with Crippen LogP contribution in [-0.4, -0.2) is 11.5 Å². The third-order valence-electron chi connectivity index (χ3n) is 3.52. The molecule has 2 aromatic rings. The van der Waals surface area contributed by atoms with E-state index in [1.54, 1.807) is 0 Å². The van der Waals surface area contributed by atoms with Crippen molar-refractivity contribution in [1.82, 2.24) is 4.98 Å². The molecule has 0 aliphatic heterocycles. The first-order valence-electron chi connectivity index (χ1n) is 7.58. The maximum atomic E-state index is 6.04. The van der Waals surface area contributed by atoms with E-state index in [4.69, 9.17) is 16.6 Å². The van der Waals surface area contributed by atoms with Crippen LogP contribution in [-0.2, 0) is 12.3 Å². The number of benzene rings is 1. The topological polar surface area (TPSA) is 16.1 Å². The van der Waals surface area contributed by atoms with Crippen LogP contribution < -0.4 is 4.90 Å². The van der Waals surface area contributed by atoms with Crippen molar-refractivity contribution in [3.05, 3.63) is 53.2 Å². The lowest BCUT2D eigenvalue weighted by molar-refractivity contribution is 0.868. The van der Waals surface area contributed by atoms with E-state index in [0.717, 1.165) is 36.5 Å². The zero-order chi connectivity index (χ0) is 15.2. The lowest BCUT2D eigenvalue weighted by Crippen LogP contribution is -2.18. The quantitative estimate of drug-likeness (QED) is 0.678. The van der Waals surface area contributed by atoms with Gasteiger partial charge >= 0.3 is 0 Å². The highest BCUT2D eigenvalue weighted by atomic mass is 35.5. The van der Waals surface area contributed by atoms with Crippen LogP contribution in [0.15, 0.2) is 36.4 Å². The number of rotatable bonds is 6. The smallest absolute Gasteiger partial charge is 0.133 e. The van der Waals surface area contributed by atoms with Crippen LogP contribution in [0.3, 0.4) is 0 Å². The van der Waals surface area contributed by atoms with Crippen molar-refractivity contribution >= 4 is 23.1 Å². The Bertz CT molecular complexity index is 578. The molecule has 1 aromatic carbocycles. The first kappa shape index (κ1) is 15.8. The minimum Gasteiger partial charge on any atom is -0.327 e. The Labute approximate surface area is 132 Å². The molecule has 0 spiro atoms. The van der Waals surface area contributed by atoms with Gasteiger partial charge in [0.1, 0.15) is 5.82 Å². The molecule has 0 N–H and O–H groups in total. The number of halogens is 1. The van der Waals surface area contributed by atoms with E-state index in [1.165, 1.54) is 11.3 Å². The minimum absolute atomic E-state index is 0.525. The summed E-state index contributed by atoms with van der Waals surface area (Å²) in [5, 5.41) is 0. The highest BCUT2D eigenvalue weighted by Gasteiger charge is 2.11. The molecule has 0 aliphatic carbocycles. The van der Waals surface area contributed by atoms with Crippen molar-refractivity contribution in [2.45, 2.75) is 39.5 Å². The summed E-state index contributed by atoms with van der Waals surface area (Å²) in [4.78, 5) is 7.04. The van der Waals surface area contributed by atoms with E-state index in [-0.39, 0.29) is 0 Å². The molecule has 0 bridgehead atoms. The standard InChI is InChI=1S/C18H23ClN2/c1-4-6-16-11-15(13-19)12-18(20-16)21(5-2)17-9-7-14(3)8-10-17/h7-12H,4-6,13H2,1-3H3. The molecule has 3 heteroatoms. The maximum Gasteiger partial charge on any atom is 0.133 e. The van der Waals surface area contributed by atoms with Crippen molar-refractivity contribution in [2.24, 2.45) is 0 Å². The van der Waals surface area contributed by atoms with E-state index in [2.05, 4.69) is 62.1 Å². The number of nitrogens with zero attached hydrogens (tertiary/aromatic N) is 2. The first-order valence-corrected chi connectivity index (χ1v) is 8.11. The summed E-state index contributed by atoms with van der Waals surface area (Å²) >= 11 is 6.04. The average molecular weight is 303 g/mol. The molecular formula is C18H23ClN2. The van der Waals surface area contributed by atoms with Gasteiger partial charge in [-0.1, -0.05) is 31.0 Å². The molecule has 0 atom stereocenters. The molecule has 0 fully saturated rings. The summed E-state index contributed by atoms with van der Waals surface area (Å²) in [6.45, 7) is 7.31. The third kappa shape index (κ3) is 3.98. The molecule has 112 valence electrons. The van der Waals surface area contributed by atoms with Gasteiger partial charge in [0, 0.05) is 23.8 Å². The molecule has 2 nitrogen and oxygen atoms in total. The van der Waals surface area contributed by atoms with Crippen LogP contribution >= 0.6 is 11.6 Å². The molecule has 0 saturated carbocycles. The van der Waals surface area contributed by atoms with Crippen LogP contribution in [0.2, 0.25) is 0 Å². The zero-order valence-corrected chi connectivity index (χ0v) is 13.8. The fourth-order valence-corrected chi connectivity index (χ4v) is 2.59. The third-order valence-corrected chi connectivity index (χ3v) is 3.83. The van der Waals surface area contributed by atoms with E-state index in [0.29, 0.717) is 5.88 Å². The second-order valence-electron chi connectivity index (χ2n) is 5.29. The van der Waals surface area contributed by atoms with Crippen molar-refractivity contribution < 1.29 is 0 Å². The molecule has 21 heavy (non-hydrogen) atoms. The Balaban J connectivity index is 2.40. The van der Waals surface area contributed by atoms with Gasteiger partial charge in [0.2, 0.25) is 0 Å². The van der Waals surface area contributed by atoms with Crippen LogP contribution in [0.25, 0.3) is 0 Å². The Hall–Kier alpha value is -1.54. The summed E-state index contributed by atoms with van der Waals surface area (Å²) in [6, 6.07) is 12.8. The normalized spacial score (nSPS) is 10.7. The van der Waals surface area contributed by atoms with Crippen LogP contribution in [0.5, 0.6) is 0 Å². The molecule has 1 heterocycles. The average Bonchev–Trinajstić information content (AvgIpc) is 2.50. The number of hydrogen-bond acceptors (Lipinski definition) is 2. The SMILES string of the molecule is CCCc1cc(CCl)cc(N(CC)c2ccc(C)cc2)n1. The van der Waals surface area contributed by atoms with Crippen LogP contribution in [0.1, 0.15) is 37.1 Å². The van der Waals surface area contributed by atoms with Gasteiger partial charge in [-0.3, -0.25) is 0 Å². The second kappa shape index (κ2) is 7.46. The predicted octanol–water partition coefficient (Wildman–Crippen LogP) is 5.24. The van der Waals surface area contributed by atoms with Gasteiger partial charge in [-0.15, -0.1) is 11.6 Å². The lowest BCUT2D eigenvalue weighted by atomic mass is 10.1. The van der Waals surface area contributed by atoms with E-state index < -0.39 is 0 Å². The minimum atomic E-state index is 0.525. The van der Waals surface area contributed by atoms with Gasteiger partial charge in [-0.05, 0) is 50.1 Å². The summed E-state index contributed by atoms with van der Waals surface area (Å²) < 4.78 is 0. The number of aryl methyl sites for hydroxylation is 2. The lowest BCUT2D eigenvalue weighted by Gasteiger charge is -2.23. The monoisotopic (exact) mass is 302 g/mol. The molecule has 0 unspecified atom stereocenters. The Morgan fingerprint density at radius 3 is 2.38 bits per heavy atom.